The molecule has 0 saturated carbocycles. The zero-order valence-corrected chi connectivity index (χ0v) is 14.6. The third kappa shape index (κ3) is 3.67. The molecule has 0 atom stereocenters. The SMILES string of the molecule is Cn1c(=NC(=O)C=Cc2ccccc2Cl)sc2ccc([N+](=O)[O-])cc21. The number of benzene rings is 2. The maximum Gasteiger partial charge on any atom is 0.272 e. The zero-order chi connectivity index (χ0) is 18.0. The summed E-state index contributed by atoms with van der Waals surface area (Å²) in [5, 5.41) is 11.4. The fourth-order valence-corrected chi connectivity index (χ4v) is 3.44. The lowest BCUT2D eigenvalue weighted by molar-refractivity contribution is -0.384. The van der Waals surface area contributed by atoms with Crippen molar-refractivity contribution in [3.05, 3.63) is 74.0 Å². The van der Waals surface area contributed by atoms with Gasteiger partial charge >= 0.3 is 0 Å². The van der Waals surface area contributed by atoms with Crippen LogP contribution in [0.3, 0.4) is 0 Å². The molecule has 0 bridgehead atoms. The van der Waals surface area contributed by atoms with Crippen molar-refractivity contribution in [3.8, 4) is 0 Å². The Labute approximate surface area is 151 Å². The summed E-state index contributed by atoms with van der Waals surface area (Å²) in [6.07, 6.45) is 2.94. The van der Waals surface area contributed by atoms with Gasteiger partial charge in [0.05, 0.1) is 15.1 Å². The first-order chi connectivity index (χ1) is 12.0. The third-order valence-corrected chi connectivity index (χ3v) is 4.98. The highest BCUT2D eigenvalue weighted by Gasteiger charge is 2.10. The molecule has 1 aromatic heterocycles. The van der Waals surface area contributed by atoms with Crippen LogP contribution in [-0.2, 0) is 11.8 Å². The minimum absolute atomic E-state index is 0.00241. The molecule has 1 amide bonds. The molecule has 1 heterocycles. The minimum atomic E-state index is -0.453. The van der Waals surface area contributed by atoms with Crippen molar-refractivity contribution in [2.45, 2.75) is 0 Å². The smallest absolute Gasteiger partial charge is 0.272 e. The van der Waals surface area contributed by atoms with Crippen molar-refractivity contribution in [1.29, 1.82) is 0 Å². The fourth-order valence-electron chi connectivity index (χ4n) is 2.24. The second kappa shape index (κ2) is 7.00. The van der Waals surface area contributed by atoms with Crippen LogP contribution < -0.4 is 4.80 Å². The Balaban J connectivity index is 1.95. The minimum Gasteiger partial charge on any atom is -0.319 e. The third-order valence-electron chi connectivity index (χ3n) is 3.52. The average Bonchev–Trinajstić information content (AvgIpc) is 2.89. The van der Waals surface area contributed by atoms with Crippen molar-refractivity contribution in [2.75, 3.05) is 0 Å². The summed E-state index contributed by atoms with van der Waals surface area (Å²) in [5.41, 5.74) is 1.38. The molecule has 3 rings (SSSR count). The lowest BCUT2D eigenvalue weighted by atomic mass is 10.2. The number of nitrogens with zero attached hydrogens (tertiary/aromatic N) is 3. The topological polar surface area (TPSA) is 77.5 Å². The number of aryl methyl sites for hydroxylation is 1. The molecule has 0 saturated heterocycles. The molecule has 126 valence electrons. The number of nitro groups is 1. The largest absolute Gasteiger partial charge is 0.319 e. The van der Waals surface area contributed by atoms with Gasteiger partial charge in [-0.15, -0.1) is 0 Å². The van der Waals surface area contributed by atoms with Crippen LogP contribution in [0.4, 0.5) is 5.69 Å². The lowest BCUT2D eigenvalue weighted by Gasteiger charge is -1.96. The Morgan fingerprint density at radius 1 is 1.32 bits per heavy atom. The number of halogens is 1. The molecule has 0 unspecified atom stereocenters. The molecule has 0 radical (unpaired) electrons. The molecular formula is C17H12ClN3O3S. The highest BCUT2D eigenvalue weighted by Crippen LogP contribution is 2.22. The summed E-state index contributed by atoms with van der Waals surface area (Å²) in [6.45, 7) is 0. The van der Waals surface area contributed by atoms with Gasteiger partial charge in [0.15, 0.2) is 4.80 Å². The predicted molar refractivity (Wildman–Crippen MR) is 98.5 cm³/mol. The summed E-state index contributed by atoms with van der Waals surface area (Å²) in [6, 6.07) is 11.7. The van der Waals surface area contributed by atoms with Crippen molar-refractivity contribution < 1.29 is 9.72 Å². The summed E-state index contributed by atoms with van der Waals surface area (Å²) in [4.78, 5) is 27.0. The number of rotatable bonds is 3. The number of hydrogen-bond donors (Lipinski definition) is 0. The first kappa shape index (κ1) is 17.1. The monoisotopic (exact) mass is 373 g/mol. The Morgan fingerprint density at radius 3 is 2.80 bits per heavy atom. The van der Waals surface area contributed by atoms with E-state index in [1.807, 2.05) is 12.1 Å². The van der Waals surface area contributed by atoms with Gasteiger partial charge < -0.3 is 4.57 Å². The Kier molecular flexibility index (Phi) is 4.78. The molecule has 0 spiro atoms. The molecule has 6 nitrogen and oxygen atoms in total. The Morgan fingerprint density at radius 2 is 2.08 bits per heavy atom. The van der Waals surface area contributed by atoms with Crippen molar-refractivity contribution in [2.24, 2.45) is 12.0 Å². The van der Waals surface area contributed by atoms with Gasteiger partial charge in [-0.25, -0.2) is 0 Å². The second-order valence-corrected chi connectivity index (χ2v) is 6.57. The van der Waals surface area contributed by atoms with Crippen LogP contribution in [0.1, 0.15) is 5.56 Å². The Bertz CT molecular complexity index is 1080. The predicted octanol–water partition coefficient (Wildman–Crippen LogP) is 3.94. The van der Waals surface area contributed by atoms with Gasteiger partial charge in [-0.1, -0.05) is 41.1 Å². The molecule has 8 heteroatoms. The van der Waals surface area contributed by atoms with Gasteiger partial charge in [-0.2, -0.15) is 4.99 Å². The highest BCUT2D eigenvalue weighted by atomic mass is 35.5. The summed E-state index contributed by atoms with van der Waals surface area (Å²) >= 11 is 7.33. The van der Waals surface area contributed by atoms with Gasteiger partial charge in [0, 0.05) is 30.3 Å². The van der Waals surface area contributed by atoms with Crippen LogP contribution in [-0.4, -0.2) is 15.4 Å². The van der Waals surface area contributed by atoms with E-state index in [9.17, 15) is 14.9 Å². The van der Waals surface area contributed by atoms with E-state index in [1.165, 1.54) is 29.5 Å². The number of carbonyl (C=O) groups excluding carboxylic acids is 1. The summed E-state index contributed by atoms with van der Waals surface area (Å²) < 4.78 is 2.48. The van der Waals surface area contributed by atoms with E-state index in [2.05, 4.69) is 4.99 Å². The number of nitro benzene ring substituents is 1. The second-order valence-electron chi connectivity index (χ2n) is 5.16. The fraction of sp³-hybridized carbons (Fsp3) is 0.0588. The van der Waals surface area contributed by atoms with Crippen LogP contribution in [0.2, 0.25) is 5.02 Å². The quantitative estimate of drug-likeness (QED) is 0.396. The first-order valence-corrected chi connectivity index (χ1v) is 8.40. The van der Waals surface area contributed by atoms with Crippen LogP contribution in [0.25, 0.3) is 16.3 Å². The number of thiazole rings is 1. The summed E-state index contributed by atoms with van der Waals surface area (Å²) in [5.74, 6) is -0.434. The summed E-state index contributed by atoms with van der Waals surface area (Å²) in [7, 11) is 1.71. The van der Waals surface area contributed by atoms with Gasteiger partial charge in [0.25, 0.3) is 11.6 Å². The van der Waals surface area contributed by atoms with E-state index in [0.29, 0.717) is 15.3 Å². The van der Waals surface area contributed by atoms with E-state index in [1.54, 1.807) is 35.9 Å². The number of carbonyl (C=O) groups is 1. The molecule has 0 aliphatic heterocycles. The molecule has 0 aliphatic carbocycles. The van der Waals surface area contributed by atoms with Crippen LogP contribution in [0.15, 0.2) is 53.5 Å². The van der Waals surface area contributed by atoms with Crippen LogP contribution in [0, 0.1) is 10.1 Å². The average molecular weight is 374 g/mol. The maximum atomic E-state index is 12.1. The number of fused-ring (bicyclic) bond motifs is 1. The van der Waals surface area contributed by atoms with Gasteiger partial charge in [-0.3, -0.25) is 14.9 Å². The van der Waals surface area contributed by atoms with E-state index in [-0.39, 0.29) is 5.69 Å². The number of amides is 1. The molecule has 25 heavy (non-hydrogen) atoms. The van der Waals surface area contributed by atoms with Crippen molar-refractivity contribution >= 4 is 50.8 Å². The number of non-ortho nitro benzene ring substituents is 1. The Hall–Kier alpha value is -2.77. The van der Waals surface area contributed by atoms with Crippen LogP contribution >= 0.6 is 22.9 Å². The van der Waals surface area contributed by atoms with E-state index < -0.39 is 10.8 Å². The highest BCUT2D eigenvalue weighted by molar-refractivity contribution is 7.16. The van der Waals surface area contributed by atoms with Crippen LogP contribution in [0.5, 0.6) is 0 Å². The van der Waals surface area contributed by atoms with E-state index >= 15 is 0 Å². The van der Waals surface area contributed by atoms with Gasteiger partial charge in [0.2, 0.25) is 0 Å². The first-order valence-electron chi connectivity index (χ1n) is 7.21. The maximum absolute atomic E-state index is 12.1. The van der Waals surface area contributed by atoms with Gasteiger partial charge in [-0.05, 0) is 23.8 Å². The van der Waals surface area contributed by atoms with E-state index in [0.717, 1.165) is 10.3 Å². The number of aromatic nitrogens is 1. The standard InChI is InChI=1S/C17H12ClN3O3S/c1-20-14-10-12(21(23)24)7-8-15(14)25-17(20)19-16(22)9-6-11-4-2-3-5-13(11)18/h2-10H,1H3. The normalized spacial score (nSPS) is 12.2. The molecular weight excluding hydrogens is 362 g/mol. The lowest BCUT2D eigenvalue weighted by Crippen LogP contribution is -2.12. The number of hydrogen-bond acceptors (Lipinski definition) is 4. The molecule has 2 aromatic carbocycles. The molecule has 0 N–H and O–H groups in total. The molecule has 0 aliphatic rings. The van der Waals surface area contributed by atoms with Gasteiger partial charge in [0.1, 0.15) is 0 Å². The zero-order valence-electron chi connectivity index (χ0n) is 13.0. The van der Waals surface area contributed by atoms with Crippen molar-refractivity contribution in [3.63, 3.8) is 0 Å². The van der Waals surface area contributed by atoms with Crippen molar-refractivity contribution in [1.82, 2.24) is 4.57 Å². The molecule has 0 fully saturated rings. The molecule has 3 aromatic rings. The van der Waals surface area contributed by atoms with E-state index in [4.69, 9.17) is 11.6 Å².